The molecule has 1 aliphatic rings. The summed E-state index contributed by atoms with van der Waals surface area (Å²) >= 11 is 0. The van der Waals surface area contributed by atoms with E-state index in [1.54, 1.807) is 14.2 Å². The summed E-state index contributed by atoms with van der Waals surface area (Å²) in [4.78, 5) is 16.7. The average molecular weight is 371 g/mol. The van der Waals surface area contributed by atoms with E-state index < -0.39 is 4.92 Å². The summed E-state index contributed by atoms with van der Waals surface area (Å²) in [7, 11) is 3.21. The Morgan fingerprint density at radius 3 is 2.67 bits per heavy atom. The SMILES string of the molecule is COc1cc(N2CCCC2)c(OC)cc1/C=N\Nc1ncccc1[N+](=O)[O-]. The molecule has 0 aliphatic carbocycles. The third-order valence-electron chi connectivity index (χ3n) is 4.34. The van der Waals surface area contributed by atoms with Crippen molar-refractivity contribution in [3.8, 4) is 11.5 Å². The number of nitrogens with one attached hydrogen (secondary N) is 1. The van der Waals surface area contributed by atoms with Crippen LogP contribution in [0.4, 0.5) is 17.2 Å². The van der Waals surface area contributed by atoms with E-state index >= 15 is 0 Å². The van der Waals surface area contributed by atoms with E-state index in [-0.39, 0.29) is 11.5 Å². The Morgan fingerprint density at radius 1 is 1.26 bits per heavy atom. The second kappa shape index (κ2) is 8.35. The molecule has 9 nitrogen and oxygen atoms in total. The molecule has 1 N–H and O–H groups in total. The van der Waals surface area contributed by atoms with Crippen LogP contribution in [0.2, 0.25) is 0 Å². The molecule has 2 aromatic rings. The van der Waals surface area contributed by atoms with Gasteiger partial charge < -0.3 is 14.4 Å². The average Bonchev–Trinajstić information content (AvgIpc) is 3.22. The molecule has 0 radical (unpaired) electrons. The number of hydrogen-bond acceptors (Lipinski definition) is 8. The monoisotopic (exact) mass is 371 g/mol. The van der Waals surface area contributed by atoms with E-state index in [0.29, 0.717) is 11.3 Å². The molecule has 1 aromatic carbocycles. The summed E-state index contributed by atoms with van der Waals surface area (Å²) in [6.45, 7) is 1.97. The standard InChI is InChI=1S/C18H21N5O4/c1-26-16-11-15(22-8-3-4-9-22)17(27-2)10-13(16)12-20-21-18-14(23(24)25)6-5-7-19-18/h5-7,10-12H,3-4,8-9H2,1-2H3,(H,19,21)/b20-12-. The molecule has 1 fully saturated rings. The highest BCUT2D eigenvalue weighted by atomic mass is 16.6. The molecular weight excluding hydrogens is 350 g/mol. The van der Waals surface area contributed by atoms with Gasteiger partial charge in [-0.3, -0.25) is 15.5 Å². The number of benzene rings is 1. The molecule has 0 unspecified atom stereocenters. The van der Waals surface area contributed by atoms with Gasteiger partial charge in [0, 0.05) is 37.0 Å². The smallest absolute Gasteiger partial charge is 0.313 e. The van der Waals surface area contributed by atoms with Crippen LogP contribution in [0, 0.1) is 10.1 Å². The Balaban J connectivity index is 1.86. The number of hydrazone groups is 1. The summed E-state index contributed by atoms with van der Waals surface area (Å²) in [5, 5.41) is 15.1. The number of nitro groups is 1. The molecule has 9 heteroatoms. The molecule has 1 saturated heterocycles. The first kappa shape index (κ1) is 18.4. The molecular formula is C18H21N5O4. The van der Waals surface area contributed by atoms with E-state index in [1.807, 2.05) is 12.1 Å². The van der Waals surface area contributed by atoms with Gasteiger partial charge in [-0.25, -0.2) is 4.98 Å². The minimum atomic E-state index is -0.515. The number of aromatic nitrogens is 1. The van der Waals surface area contributed by atoms with Crippen molar-refractivity contribution in [2.75, 3.05) is 37.6 Å². The van der Waals surface area contributed by atoms with E-state index in [9.17, 15) is 10.1 Å². The number of anilines is 2. The van der Waals surface area contributed by atoms with Crippen molar-refractivity contribution in [3.63, 3.8) is 0 Å². The van der Waals surface area contributed by atoms with E-state index in [2.05, 4.69) is 20.4 Å². The van der Waals surface area contributed by atoms with E-state index in [4.69, 9.17) is 9.47 Å². The van der Waals surface area contributed by atoms with Crippen LogP contribution in [0.25, 0.3) is 0 Å². The Hall–Kier alpha value is -3.36. The Labute approximate surface area is 156 Å². The molecule has 2 heterocycles. The molecule has 1 aliphatic heterocycles. The molecule has 0 spiro atoms. The predicted octanol–water partition coefficient (Wildman–Crippen LogP) is 3.05. The lowest BCUT2D eigenvalue weighted by Crippen LogP contribution is -2.18. The molecule has 27 heavy (non-hydrogen) atoms. The van der Waals surface area contributed by atoms with Crippen LogP contribution in [0.5, 0.6) is 11.5 Å². The van der Waals surface area contributed by atoms with Crippen molar-refractivity contribution in [1.29, 1.82) is 0 Å². The van der Waals surface area contributed by atoms with Crippen LogP contribution < -0.4 is 19.8 Å². The van der Waals surface area contributed by atoms with Crippen molar-refractivity contribution < 1.29 is 14.4 Å². The first-order valence-electron chi connectivity index (χ1n) is 8.53. The highest BCUT2D eigenvalue weighted by Crippen LogP contribution is 2.36. The zero-order chi connectivity index (χ0) is 19.2. The lowest BCUT2D eigenvalue weighted by atomic mass is 10.1. The number of pyridine rings is 1. The van der Waals surface area contributed by atoms with Gasteiger partial charge in [-0.1, -0.05) is 0 Å². The summed E-state index contributed by atoms with van der Waals surface area (Å²) < 4.78 is 11.0. The second-order valence-electron chi connectivity index (χ2n) is 5.96. The van der Waals surface area contributed by atoms with Crippen LogP contribution in [0.1, 0.15) is 18.4 Å². The predicted molar refractivity (Wildman–Crippen MR) is 103 cm³/mol. The molecule has 0 bridgehead atoms. The van der Waals surface area contributed by atoms with Gasteiger partial charge >= 0.3 is 5.69 Å². The lowest BCUT2D eigenvalue weighted by molar-refractivity contribution is -0.384. The van der Waals surface area contributed by atoms with Crippen molar-refractivity contribution in [2.45, 2.75) is 12.8 Å². The van der Waals surface area contributed by atoms with Gasteiger partial charge in [-0.05, 0) is 25.0 Å². The molecule has 0 atom stereocenters. The van der Waals surface area contributed by atoms with Crippen LogP contribution in [-0.4, -0.2) is 43.4 Å². The summed E-state index contributed by atoms with van der Waals surface area (Å²) in [6.07, 6.45) is 5.29. The summed E-state index contributed by atoms with van der Waals surface area (Å²) in [5.74, 6) is 1.43. The fourth-order valence-corrected chi connectivity index (χ4v) is 3.00. The fraction of sp³-hybridized carbons (Fsp3) is 0.333. The largest absolute Gasteiger partial charge is 0.496 e. The van der Waals surface area contributed by atoms with Gasteiger partial charge in [-0.15, -0.1) is 0 Å². The summed E-state index contributed by atoms with van der Waals surface area (Å²) in [5.41, 5.74) is 4.13. The first-order valence-corrected chi connectivity index (χ1v) is 8.53. The Kier molecular flexibility index (Phi) is 5.70. The molecule has 0 amide bonds. The van der Waals surface area contributed by atoms with Gasteiger partial charge in [0.1, 0.15) is 11.5 Å². The van der Waals surface area contributed by atoms with E-state index in [0.717, 1.165) is 37.4 Å². The quantitative estimate of drug-likeness (QED) is 0.453. The zero-order valence-electron chi connectivity index (χ0n) is 15.2. The normalized spacial score (nSPS) is 13.8. The minimum absolute atomic E-state index is 0.0679. The Bertz CT molecular complexity index is 850. The second-order valence-corrected chi connectivity index (χ2v) is 5.96. The number of hydrogen-bond donors (Lipinski definition) is 1. The lowest BCUT2D eigenvalue weighted by Gasteiger charge is -2.22. The number of methoxy groups -OCH3 is 2. The molecule has 3 rings (SSSR count). The third-order valence-corrected chi connectivity index (χ3v) is 4.34. The van der Waals surface area contributed by atoms with Crippen molar-refractivity contribution >= 4 is 23.4 Å². The number of rotatable bonds is 7. The molecule has 0 saturated carbocycles. The van der Waals surface area contributed by atoms with Crippen molar-refractivity contribution in [3.05, 3.63) is 46.1 Å². The number of ether oxygens (including phenoxy) is 2. The Morgan fingerprint density at radius 2 is 2.00 bits per heavy atom. The molecule has 1 aromatic heterocycles. The zero-order valence-corrected chi connectivity index (χ0v) is 15.2. The highest BCUT2D eigenvalue weighted by molar-refractivity contribution is 5.87. The topological polar surface area (TPSA) is 102 Å². The minimum Gasteiger partial charge on any atom is -0.496 e. The third kappa shape index (κ3) is 4.08. The van der Waals surface area contributed by atoms with Gasteiger partial charge in [0.2, 0.25) is 5.82 Å². The number of nitrogens with zero attached hydrogens (tertiary/aromatic N) is 4. The van der Waals surface area contributed by atoms with Crippen molar-refractivity contribution in [2.24, 2.45) is 5.10 Å². The van der Waals surface area contributed by atoms with Crippen LogP contribution >= 0.6 is 0 Å². The fourth-order valence-electron chi connectivity index (χ4n) is 3.00. The maximum Gasteiger partial charge on any atom is 0.313 e. The van der Waals surface area contributed by atoms with E-state index in [1.165, 1.54) is 24.5 Å². The van der Waals surface area contributed by atoms with Gasteiger partial charge in [-0.2, -0.15) is 5.10 Å². The first-order chi connectivity index (χ1) is 13.1. The maximum absolute atomic E-state index is 11.0. The van der Waals surface area contributed by atoms with Gasteiger partial charge in [0.25, 0.3) is 0 Å². The van der Waals surface area contributed by atoms with Gasteiger partial charge in [0.15, 0.2) is 0 Å². The van der Waals surface area contributed by atoms with Gasteiger partial charge in [0.05, 0.1) is 31.0 Å². The highest BCUT2D eigenvalue weighted by Gasteiger charge is 2.19. The molecule has 142 valence electrons. The summed E-state index contributed by atoms with van der Waals surface area (Å²) in [6, 6.07) is 6.62. The van der Waals surface area contributed by atoms with Crippen LogP contribution in [-0.2, 0) is 0 Å². The maximum atomic E-state index is 11.0. The van der Waals surface area contributed by atoms with Crippen molar-refractivity contribution in [1.82, 2.24) is 4.98 Å². The van der Waals surface area contributed by atoms with Crippen LogP contribution in [0.3, 0.4) is 0 Å². The van der Waals surface area contributed by atoms with Crippen LogP contribution in [0.15, 0.2) is 35.6 Å².